The highest BCUT2D eigenvalue weighted by Gasteiger charge is 2.07. The Balaban J connectivity index is 2.99. The zero-order valence-electron chi connectivity index (χ0n) is 6.33. The Kier molecular flexibility index (Phi) is 2.70. The second-order valence-electron chi connectivity index (χ2n) is 2.30. The van der Waals surface area contributed by atoms with Gasteiger partial charge in [-0.15, -0.1) is 6.58 Å². The average Bonchev–Trinajstić information content (AvgIpc) is 2.34. The van der Waals surface area contributed by atoms with E-state index in [0.29, 0.717) is 6.54 Å². The first-order valence-electron chi connectivity index (χ1n) is 3.35. The molecule has 4 heteroatoms. The van der Waals surface area contributed by atoms with Crippen LogP contribution in [-0.4, -0.2) is 15.6 Å². The van der Waals surface area contributed by atoms with Crippen molar-refractivity contribution in [1.29, 1.82) is 0 Å². The largest absolute Gasteiger partial charge is 0.478 e. The van der Waals surface area contributed by atoms with Gasteiger partial charge in [-0.25, -0.2) is 4.79 Å². The minimum absolute atomic E-state index is 0.281. The van der Waals surface area contributed by atoms with E-state index in [1.807, 2.05) is 0 Å². The lowest BCUT2D eigenvalue weighted by Crippen LogP contribution is -1.95. The first-order chi connectivity index (χ1) is 5.65. The van der Waals surface area contributed by atoms with Crippen LogP contribution < -0.4 is 0 Å². The number of nitrogens with zero attached hydrogens (tertiary/aromatic N) is 1. The van der Waals surface area contributed by atoms with Crippen LogP contribution in [0, 0.1) is 0 Å². The van der Waals surface area contributed by atoms with Crippen molar-refractivity contribution in [2.45, 2.75) is 6.54 Å². The lowest BCUT2D eigenvalue weighted by atomic mass is 10.4. The van der Waals surface area contributed by atoms with Gasteiger partial charge < -0.3 is 9.67 Å². The molecule has 0 saturated carbocycles. The highest BCUT2D eigenvalue weighted by molar-refractivity contribution is 9.10. The van der Waals surface area contributed by atoms with Crippen molar-refractivity contribution in [3.63, 3.8) is 0 Å². The normalized spacial score (nSPS) is 9.75. The van der Waals surface area contributed by atoms with Gasteiger partial charge in [0, 0.05) is 12.7 Å². The Labute approximate surface area is 78.4 Å². The molecule has 0 saturated heterocycles. The molecule has 0 spiro atoms. The van der Waals surface area contributed by atoms with Crippen molar-refractivity contribution >= 4 is 21.9 Å². The van der Waals surface area contributed by atoms with E-state index < -0.39 is 5.97 Å². The fraction of sp³-hybridized carbons (Fsp3) is 0.125. The molecule has 1 N–H and O–H groups in total. The molecular weight excluding hydrogens is 222 g/mol. The van der Waals surface area contributed by atoms with E-state index in [1.165, 1.54) is 0 Å². The minimum Gasteiger partial charge on any atom is -0.478 e. The van der Waals surface area contributed by atoms with Gasteiger partial charge in [0.25, 0.3) is 0 Å². The number of hydrogen-bond donors (Lipinski definition) is 1. The minimum atomic E-state index is -0.918. The maximum Gasteiger partial charge on any atom is 0.337 e. The van der Waals surface area contributed by atoms with Gasteiger partial charge >= 0.3 is 5.97 Å². The highest BCUT2D eigenvalue weighted by atomic mass is 79.9. The molecule has 0 bridgehead atoms. The van der Waals surface area contributed by atoms with Crippen molar-refractivity contribution in [1.82, 2.24) is 4.57 Å². The second kappa shape index (κ2) is 3.58. The van der Waals surface area contributed by atoms with Crippen LogP contribution in [0.2, 0.25) is 0 Å². The van der Waals surface area contributed by atoms with Crippen molar-refractivity contribution in [2.75, 3.05) is 0 Å². The summed E-state index contributed by atoms with van der Waals surface area (Å²) in [5.74, 6) is -0.918. The number of halogens is 1. The maximum absolute atomic E-state index is 10.5. The number of aromatic nitrogens is 1. The molecule has 0 aliphatic rings. The molecule has 0 aromatic carbocycles. The van der Waals surface area contributed by atoms with Gasteiger partial charge in [-0.1, -0.05) is 6.08 Å². The summed E-state index contributed by atoms with van der Waals surface area (Å²) in [6.45, 7) is 4.17. The predicted octanol–water partition coefficient (Wildman–Crippen LogP) is 2.13. The Morgan fingerprint density at radius 3 is 2.92 bits per heavy atom. The SMILES string of the molecule is C=CCn1cc(C(=O)O)cc1Br. The summed E-state index contributed by atoms with van der Waals surface area (Å²) in [6, 6.07) is 1.56. The van der Waals surface area contributed by atoms with E-state index in [0.717, 1.165) is 4.60 Å². The van der Waals surface area contributed by atoms with Crippen LogP contribution in [0.5, 0.6) is 0 Å². The van der Waals surface area contributed by atoms with E-state index in [9.17, 15) is 4.79 Å². The molecule has 1 rings (SSSR count). The number of carboxylic acid groups (broad SMARTS) is 1. The lowest BCUT2D eigenvalue weighted by Gasteiger charge is -1.97. The van der Waals surface area contributed by atoms with Gasteiger partial charge in [0.1, 0.15) is 0 Å². The summed E-state index contributed by atoms with van der Waals surface area (Å²) in [6.07, 6.45) is 3.27. The third kappa shape index (κ3) is 1.76. The monoisotopic (exact) mass is 229 g/mol. The van der Waals surface area contributed by atoms with E-state index in [-0.39, 0.29) is 5.56 Å². The number of hydrogen-bond acceptors (Lipinski definition) is 1. The molecule has 0 aliphatic heterocycles. The standard InChI is InChI=1S/C8H8BrNO2/c1-2-3-10-5-6(8(11)12)4-7(10)9/h2,4-5H,1,3H2,(H,11,12). The molecule has 3 nitrogen and oxygen atoms in total. The summed E-state index contributed by atoms with van der Waals surface area (Å²) < 4.78 is 2.51. The molecule has 0 aliphatic carbocycles. The number of rotatable bonds is 3. The van der Waals surface area contributed by atoms with Gasteiger partial charge in [-0.3, -0.25) is 0 Å². The molecule has 0 atom stereocenters. The molecule has 0 unspecified atom stereocenters. The van der Waals surface area contributed by atoms with E-state index in [1.54, 1.807) is 22.9 Å². The summed E-state index contributed by atoms with van der Waals surface area (Å²) >= 11 is 3.24. The van der Waals surface area contributed by atoms with E-state index in [2.05, 4.69) is 22.5 Å². The smallest absolute Gasteiger partial charge is 0.337 e. The van der Waals surface area contributed by atoms with Crippen molar-refractivity contribution < 1.29 is 9.90 Å². The molecule has 64 valence electrons. The molecular formula is C8H8BrNO2. The molecule has 1 aromatic heterocycles. The Hall–Kier alpha value is -1.03. The van der Waals surface area contributed by atoms with Crippen molar-refractivity contribution in [2.24, 2.45) is 0 Å². The first-order valence-corrected chi connectivity index (χ1v) is 4.14. The van der Waals surface area contributed by atoms with Crippen molar-refractivity contribution in [3.8, 4) is 0 Å². The Morgan fingerprint density at radius 1 is 1.83 bits per heavy atom. The molecule has 1 heterocycles. The summed E-state index contributed by atoms with van der Waals surface area (Å²) in [7, 11) is 0. The fourth-order valence-electron chi connectivity index (χ4n) is 0.874. The highest BCUT2D eigenvalue weighted by Crippen LogP contribution is 2.15. The zero-order valence-corrected chi connectivity index (χ0v) is 7.91. The van der Waals surface area contributed by atoms with Gasteiger partial charge in [-0.2, -0.15) is 0 Å². The van der Waals surface area contributed by atoms with Gasteiger partial charge in [0.2, 0.25) is 0 Å². The van der Waals surface area contributed by atoms with E-state index in [4.69, 9.17) is 5.11 Å². The van der Waals surface area contributed by atoms with Crippen LogP contribution in [-0.2, 0) is 6.54 Å². The first kappa shape index (κ1) is 9.06. The van der Waals surface area contributed by atoms with Crippen LogP contribution in [0.3, 0.4) is 0 Å². The van der Waals surface area contributed by atoms with Crippen molar-refractivity contribution in [3.05, 3.63) is 35.1 Å². The second-order valence-corrected chi connectivity index (χ2v) is 3.11. The van der Waals surface area contributed by atoms with Crippen LogP contribution in [0.4, 0.5) is 0 Å². The number of carboxylic acids is 1. The number of carbonyl (C=O) groups is 1. The zero-order chi connectivity index (χ0) is 9.14. The number of allylic oxidation sites excluding steroid dienone is 1. The van der Waals surface area contributed by atoms with Gasteiger partial charge in [-0.05, 0) is 22.0 Å². The molecule has 0 radical (unpaired) electrons. The predicted molar refractivity (Wildman–Crippen MR) is 49.3 cm³/mol. The number of aromatic carboxylic acids is 1. The van der Waals surface area contributed by atoms with Crippen LogP contribution in [0.15, 0.2) is 29.5 Å². The molecule has 0 amide bonds. The summed E-state index contributed by atoms with van der Waals surface area (Å²) in [4.78, 5) is 10.5. The third-order valence-corrected chi connectivity index (χ3v) is 2.10. The van der Waals surface area contributed by atoms with Crippen LogP contribution in [0.1, 0.15) is 10.4 Å². The quantitative estimate of drug-likeness (QED) is 0.808. The Morgan fingerprint density at radius 2 is 2.50 bits per heavy atom. The van der Waals surface area contributed by atoms with Crippen LogP contribution >= 0.6 is 15.9 Å². The lowest BCUT2D eigenvalue weighted by molar-refractivity contribution is 0.0697. The third-order valence-electron chi connectivity index (χ3n) is 1.42. The molecule has 12 heavy (non-hydrogen) atoms. The topological polar surface area (TPSA) is 42.2 Å². The Bertz CT molecular complexity index is 317. The summed E-state index contributed by atoms with van der Waals surface area (Å²) in [5.41, 5.74) is 0.281. The molecule has 1 aromatic rings. The van der Waals surface area contributed by atoms with Crippen LogP contribution in [0.25, 0.3) is 0 Å². The van der Waals surface area contributed by atoms with E-state index >= 15 is 0 Å². The summed E-state index contributed by atoms with van der Waals surface area (Å²) in [5, 5.41) is 8.63. The fourth-order valence-corrected chi connectivity index (χ4v) is 1.37. The average molecular weight is 230 g/mol. The maximum atomic E-state index is 10.5. The van der Waals surface area contributed by atoms with Gasteiger partial charge in [0.15, 0.2) is 0 Å². The van der Waals surface area contributed by atoms with Gasteiger partial charge in [0.05, 0.1) is 10.2 Å². The molecule has 0 fully saturated rings.